The van der Waals surface area contributed by atoms with Crippen LogP contribution in [0.2, 0.25) is 0 Å². The average molecular weight is 316 g/mol. The number of carbonyl (C=O) groups is 1. The van der Waals surface area contributed by atoms with Gasteiger partial charge in [-0.15, -0.1) is 11.3 Å². The van der Waals surface area contributed by atoms with Crippen molar-refractivity contribution in [3.63, 3.8) is 0 Å². The summed E-state index contributed by atoms with van der Waals surface area (Å²) in [6, 6.07) is 7.86. The third-order valence-electron chi connectivity index (χ3n) is 3.81. The van der Waals surface area contributed by atoms with Gasteiger partial charge in [0.05, 0.1) is 23.2 Å². The topological polar surface area (TPSA) is 51.2 Å². The number of aryl methyl sites for hydroxylation is 1. The molecular formula is C17H20N2O2S. The van der Waals surface area contributed by atoms with Crippen molar-refractivity contribution in [3.05, 3.63) is 51.5 Å². The second-order valence-electron chi connectivity index (χ2n) is 5.75. The summed E-state index contributed by atoms with van der Waals surface area (Å²) in [6.45, 7) is 2.59. The van der Waals surface area contributed by atoms with Crippen LogP contribution in [-0.2, 0) is 11.3 Å². The summed E-state index contributed by atoms with van der Waals surface area (Å²) >= 11 is 1.48. The first kappa shape index (κ1) is 15.2. The number of nitrogens with zero attached hydrogens (tertiary/aromatic N) is 1. The Morgan fingerprint density at radius 3 is 2.95 bits per heavy atom. The zero-order chi connectivity index (χ0) is 15.5. The number of aromatic nitrogens is 1. The van der Waals surface area contributed by atoms with Crippen molar-refractivity contribution in [2.45, 2.75) is 32.4 Å². The van der Waals surface area contributed by atoms with Gasteiger partial charge in [-0.05, 0) is 55.5 Å². The lowest BCUT2D eigenvalue weighted by atomic mass is 10.1. The summed E-state index contributed by atoms with van der Waals surface area (Å²) in [5.74, 6) is 0.490. The van der Waals surface area contributed by atoms with Gasteiger partial charge in [-0.2, -0.15) is 0 Å². The van der Waals surface area contributed by atoms with Gasteiger partial charge in [0, 0.05) is 18.2 Å². The van der Waals surface area contributed by atoms with Gasteiger partial charge in [0.15, 0.2) is 0 Å². The zero-order valence-electron chi connectivity index (χ0n) is 12.8. The predicted octanol–water partition coefficient (Wildman–Crippen LogP) is 3.48. The summed E-state index contributed by atoms with van der Waals surface area (Å²) < 4.78 is 5.10. The quantitative estimate of drug-likeness (QED) is 0.887. The summed E-state index contributed by atoms with van der Waals surface area (Å²) in [6.07, 6.45) is 4.12. The molecule has 1 fully saturated rings. The second kappa shape index (κ2) is 6.58. The molecule has 22 heavy (non-hydrogen) atoms. The molecule has 1 N–H and O–H groups in total. The number of hydrogen-bond acceptors (Lipinski definition) is 4. The molecule has 1 amide bonds. The zero-order valence-corrected chi connectivity index (χ0v) is 13.7. The number of ether oxygens (including phenoxy) is 1. The molecule has 4 nitrogen and oxygen atoms in total. The van der Waals surface area contributed by atoms with Crippen LogP contribution in [0.4, 0.5) is 0 Å². The molecule has 1 saturated carbocycles. The molecule has 3 rings (SSSR count). The molecule has 0 bridgehead atoms. The molecule has 0 aliphatic heterocycles. The van der Waals surface area contributed by atoms with E-state index in [9.17, 15) is 4.79 Å². The SMILES string of the molecule is COCc1ccc(C(=O)NC(c2cc(C)ccn2)C2CC2)s1. The number of carbonyl (C=O) groups excluding carboxylic acids is 1. The molecule has 1 unspecified atom stereocenters. The highest BCUT2D eigenvalue weighted by molar-refractivity contribution is 7.14. The molecule has 2 aromatic heterocycles. The highest BCUT2D eigenvalue weighted by Gasteiger charge is 2.34. The smallest absolute Gasteiger partial charge is 0.261 e. The number of nitrogens with one attached hydrogen (secondary N) is 1. The van der Waals surface area contributed by atoms with Crippen LogP contribution in [0.5, 0.6) is 0 Å². The Bertz CT molecular complexity index is 664. The van der Waals surface area contributed by atoms with Gasteiger partial charge in [-0.3, -0.25) is 9.78 Å². The van der Waals surface area contributed by atoms with E-state index in [0.717, 1.165) is 28.3 Å². The molecular weight excluding hydrogens is 296 g/mol. The molecule has 1 atom stereocenters. The van der Waals surface area contributed by atoms with Crippen LogP contribution in [0.25, 0.3) is 0 Å². The van der Waals surface area contributed by atoms with Gasteiger partial charge in [0.2, 0.25) is 0 Å². The van der Waals surface area contributed by atoms with E-state index in [-0.39, 0.29) is 11.9 Å². The van der Waals surface area contributed by atoms with E-state index in [1.165, 1.54) is 16.9 Å². The van der Waals surface area contributed by atoms with E-state index in [1.807, 2.05) is 31.3 Å². The Kier molecular flexibility index (Phi) is 4.55. The van der Waals surface area contributed by atoms with E-state index < -0.39 is 0 Å². The maximum atomic E-state index is 12.5. The van der Waals surface area contributed by atoms with E-state index in [2.05, 4.69) is 16.4 Å². The van der Waals surface area contributed by atoms with Gasteiger partial charge < -0.3 is 10.1 Å². The lowest BCUT2D eigenvalue weighted by Crippen LogP contribution is -2.30. The Labute approximate surface area is 134 Å². The Morgan fingerprint density at radius 2 is 2.27 bits per heavy atom. The van der Waals surface area contributed by atoms with Gasteiger partial charge in [0.1, 0.15) is 0 Å². The molecule has 2 aromatic rings. The summed E-state index contributed by atoms with van der Waals surface area (Å²) in [5.41, 5.74) is 2.13. The third kappa shape index (κ3) is 3.54. The summed E-state index contributed by atoms with van der Waals surface area (Å²) in [5, 5.41) is 3.16. The number of rotatable bonds is 6. The van der Waals surface area contributed by atoms with Crippen molar-refractivity contribution in [1.29, 1.82) is 0 Å². The van der Waals surface area contributed by atoms with E-state index in [1.54, 1.807) is 7.11 Å². The van der Waals surface area contributed by atoms with Crippen molar-refractivity contribution in [3.8, 4) is 0 Å². The first-order valence-corrected chi connectivity index (χ1v) is 8.30. The Hall–Kier alpha value is -1.72. The molecule has 0 aromatic carbocycles. The minimum Gasteiger partial charge on any atom is -0.379 e. The maximum absolute atomic E-state index is 12.5. The fourth-order valence-corrected chi connectivity index (χ4v) is 3.41. The van der Waals surface area contributed by atoms with Crippen molar-refractivity contribution < 1.29 is 9.53 Å². The van der Waals surface area contributed by atoms with Crippen LogP contribution >= 0.6 is 11.3 Å². The number of hydrogen-bond donors (Lipinski definition) is 1. The minimum absolute atomic E-state index is 0.0142. The Balaban J connectivity index is 1.74. The van der Waals surface area contributed by atoms with Crippen LogP contribution in [0.3, 0.4) is 0 Å². The third-order valence-corrected chi connectivity index (χ3v) is 4.86. The summed E-state index contributed by atoms with van der Waals surface area (Å²) in [4.78, 5) is 18.7. The van der Waals surface area contributed by atoms with Gasteiger partial charge in [-0.1, -0.05) is 0 Å². The maximum Gasteiger partial charge on any atom is 0.261 e. The lowest BCUT2D eigenvalue weighted by molar-refractivity contribution is 0.0935. The molecule has 0 radical (unpaired) electrons. The Morgan fingerprint density at radius 1 is 1.45 bits per heavy atom. The summed E-state index contributed by atoms with van der Waals surface area (Å²) in [7, 11) is 1.66. The minimum atomic E-state index is -0.0208. The number of methoxy groups -OCH3 is 1. The van der Waals surface area contributed by atoms with Crippen molar-refractivity contribution in [1.82, 2.24) is 10.3 Å². The van der Waals surface area contributed by atoms with Crippen LogP contribution in [0.15, 0.2) is 30.5 Å². The first-order chi connectivity index (χ1) is 10.7. The van der Waals surface area contributed by atoms with Crippen LogP contribution < -0.4 is 5.32 Å². The largest absolute Gasteiger partial charge is 0.379 e. The molecule has 0 saturated heterocycles. The molecule has 0 spiro atoms. The normalized spacial score (nSPS) is 15.5. The monoisotopic (exact) mass is 316 g/mol. The van der Waals surface area contributed by atoms with Gasteiger partial charge >= 0.3 is 0 Å². The van der Waals surface area contributed by atoms with Crippen LogP contribution in [0, 0.1) is 12.8 Å². The van der Waals surface area contributed by atoms with Crippen LogP contribution in [0.1, 0.15) is 44.7 Å². The number of amides is 1. The van der Waals surface area contributed by atoms with Crippen LogP contribution in [-0.4, -0.2) is 18.0 Å². The van der Waals surface area contributed by atoms with Crippen molar-refractivity contribution in [2.75, 3.05) is 7.11 Å². The average Bonchev–Trinajstić information content (AvgIpc) is 3.23. The van der Waals surface area contributed by atoms with Crippen molar-refractivity contribution in [2.24, 2.45) is 5.92 Å². The standard InChI is InChI=1S/C17H20N2O2S/c1-11-7-8-18-14(9-11)16(12-3-4-12)19-17(20)15-6-5-13(22-15)10-21-2/h5-9,12,16H,3-4,10H2,1-2H3,(H,19,20). The highest BCUT2D eigenvalue weighted by atomic mass is 32.1. The highest BCUT2D eigenvalue weighted by Crippen LogP contribution is 2.40. The fourth-order valence-electron chi connectivity index (χ4n) is 2.52. The fraction of sp³-hybridized carbons (Fsp3) is 0.412. The molecule has 116 valence electrons. The number of pyridine rings is 1. The van der Waals surface area contributed by atoms with E-state index in [0.29, 0.717) is 12.5 Å². The van der Waals surface area contributed by atoms with Gasteiger partial charge in [0.25, 0.3) is 5.91 Å². The first-order valence-electron chi connectivity index (χ1n) is 7.48. The predicted molar refractivity (Wildman–Crippen MR) is 86.9 cm³/mol. The molecule has 1 aliphatic rings. The molecule has 1 aliphatic carbocycles. The van der Waals surface area contributed by atoms with Crippen molar-refractivity contribution >= 4 is 17.2 Å². The molecule has 2 heterocycles. The lowest BCUT2D eigenvalue weighted by Gasteiger charge is -2.17. The van der Waals surface area contributed by atoms with E-state index >= 15 is 0 Å². The molecule has 5 heteroatoms. The number of thiophene rings is 1. The van der Waals surface area contributed by atoms with Gasteiger partial charge in [-0.25, -0.2) is 0 Å². The van der Waals surface area contributed by atoms with E-state index in [4.69, 9.17) is 4.74 Å². The second-order valence-corrected chi connectivity index (χ2v) is 6.91.